The van der Waals surface area contributed by atoms with E-state index in [4.69, 9.17) is 21.7 Å². The molecule has 0 aliphatic carbocycles. The minimum Gasteiger partial charge on any atom is -0.496 e. The second-order valence-corrected chi connectivity index (χ2v) is 5.91. The topological polar surface area (TPSA) is 98.0 Å². The average molecular weight is 388 g/mol. The third-order valence-electron chi connectivity index (χ3n) is 3.67. The fourth-order valence-electron chi connectivity index (χ4n) is 2.36. The molecule has 0 unspecified atom stereocenters. The molecule has 0 atom stereocenters. The first-order chi connectivity index (χ1) is 13.0. The molecule has 9 heteroatoms. The van der Waals surface area contributed by atoms with Crippen LogP contribution in [0.25, 0.3) is 0 Å². The van der Waals surface area contributed by atoms with Gasteiger partial charge in [-0.1, -0.05) is 12.1 Å². The Kier molecular flexibility index (Phi) is 7.21. The third kappa shape index (κ3) is 5.47. The predicted molar refractivity (Wildman–Crippen MR) is 108 cm³/mol. The van der Waals surface area contributed by atoms with Gasteiger partial charge in [-0.2, -0.15) is 5.10 Å². The van der Waals surface area contributed by atoms with Gasteiger partial charge in [-0.05, 0) is 49.0 Å². The Morgan fingerprint density at radius 2 is 2.00 bits per heavy atom. The average Bonchev–Trinajstić information content (AvgIpc) is 2.66. The van der Waals surface area contributed by atoms with Crippen molar-refractivity contribution < 1.29 is 14.4 Å². The molecule has 2 rings (SSSR count). The number of hydrogen-bond acceptors (Lipinski definition) is 6. The maximum Gasteiger partial charge on any atom is 0.292 e. The van der Waals surface area contributed by atoms with Gasteiger partial charge in [0.25, 0.3) is 5.69 Å². The van der Waals surface area contributed by atoms with E-state index < -0.39 is 4.92 Å². The molecule has 0 radical (unpaired) electrons. The summed E-state index contributed by atoms with van der Waals surface area (Å²) in [4.78, 5) is 10.6. The number of methoxy groups -OCH3 is 2. The zero-order valence-electron chi connectivity index (χ0n) is 15.2. The minimum absolute atomic E-state index is 0.0679. The summed E-state index contributed by atoms with van der Waals surface area (Å²) in [5.74, 6) is 0.731. The number of hydrazone groups is 1. The molecule has 27 heavy (non-hydrogen) atoms. The van der Waals surface area contributed by atoms with Crippen molar-refractivity contribution in [1.29, 1.82) is 0 Å². The Morgan fingerprint density at radius 1 is 1.26 bits per heavy atom. The van der Waals surface area contributed by atoms with Gasteiger partial charge in [-0.3, -0.25) is 15.5 Å². The van der Waals surface area contributed by atoms with Gasteiger partial charge < -0.3 is 14.8 Å². The molecular weight excluding hydrogens is 368 g/mol. The van der Waals surface area contributed by atoms with E-state index in [0.29, 0.717) is 18.0 Å². The molecule has 0 bridgehead atoms. The standard InChI is InChI=1S/C18H20N4O4S/c1-12(13-8-9-17(26-3)14(10-13)11-25-2)20-21-18(27)19-15-6-4-5-7-16(15)22(23)24/h4-10H,11H2,1-3H3,(H2,19,21,27)/b20-12-. The van der Waals surface area contributed by atoms with Crippen LogP contribution >= 0.6 is 12.2 Å². The lowest BCUT2D eigenvalue weighted by atomic mass is 10.1. The first-order valence-electron chi connectivity index (χ1n) is 7.97. The predicted octanol–water partition coefficient (Wildman–Crippen LogP) is 3.46. The van der Waals surface area contributed by atoms with E-state index in [1.165, 1.54) is 6.07 Å². The number of nitro benzene ring substituents is 1. The zero-order chi connectivity index (χ0) is 19.8. The van der Waals surface area contributed by atoms with Crippen LogP contribution in [0.3, 0.4) is 0 Å². The van der Waals surface area contributed by atoms with Crippen LogP contribution in [0.4, 0.5) is 11.4 Å². The summed E-state index contributed by atoms with van der Waals surface area (Å²) in [5.41, 5.74) is 5.37. The summed E-state index contributed by atoms with van der Waals surface area (Å²) < 4.78 is 10.5. The lowest BCUT2D eigenvalue weighted by molar-refractivity contribution is -0.383. The third-order valence-corrected chi connectivity index (χ3v) is 3.87. The summed E-state index contributed by atoms with van der Waals surface area (Å²) in [7, 11) is 3.21. The van der Waals surface area contributed by atoms with Gasteiger partial charge in [0.2, 0.25) is 0 Å². The van der Waals surface area contributed by atoms with E-state index in [0.717, 1.165) is 16.9 Å². The van der Waals surface area contributed by atoms with Crippen LogP contribution in [0.1, 0.15) is 18.1 Å². The van der Waals surface area contributed by atoms with E-state index in [2.05, 4.69) is 15.8 Å². The molecule has 0 amide bonds. The molecule has 0 spiro atoms. The number of nitro groups is 1. The fourth-order valence-corrected chi connectivity index (χ4v) is 2.52. The number of nitrogens with one attached hydrogen (secondary N) is 2. The lowest BCUT2D eigenvalue weighted by Crippen LogP contribution is -2.25. The lowest BCUT2D eigenvalue weighted by Gasteiger charge is -2.11. The molecule has 0 saturated carbocycles. The Balaban J connectivity index is 2.10. The number of hydrogen-bond donors (Lipinski definition) is 2. The van der Waals surface area contributed by atoms with E-state index in [1.54, 1.807) is 32.4 Å². The molecule has 0 fully saturated rings. The number of para-hydroxylation sites is 2. The van der Waals surface area contributed by atoms with Gasteiger partial charge in [-0.15, -0.1) is 0 Å². The second kappa shape index (κ2) is 9.60. The molecule has 0 aliphatic rings. The van der Waals surface area contributed by atoms with Crippen molar-refractivity contribution in [3.8, 4) is 5.75 Å². The van der Waals surface area contributed by atoms with E-state index >= 15 is 0 Å². The van der Waals surface area contributed by atoms with Gasteiger partial charge in [0.15, 0.2) is 5.11 Å². The monoisotopic (exact) mass is 388 g/mol. The highest BCUT2D eigenvalue weighted by molar-refractivity contribution is 7.80. The van der Waals surface area contributed by atoms with Crippen LogP contribution in [0.5, 0.6) is 5.75 Å². The van der Waals surface area contributed by atoms with Crippen LogP contribution in [-0.4, -0.2) is 30.0 Å². The highest BCUT2D eigenvalue weighted by Crippen LogP contribution is 2.23. The number of benzene rings is 2. The largest absolute Gasteiger partial charge is 0.496 e. The molecule has 0 heterocycles. The Bertz CT molecular complexity index is 870. The van der Waals surface area contributed by atoms with Gasteiger partial charge >= 0.3 is 0 Å². The van der Waals surface area contributed by atoms with Crippen LogP contribution in [0.2, 0.25) is 0 Å². The zero-order valence-corrected chi connectivity index (χ0v) is 16.0. The molecule has 2 aromatic rings. The van der Waals surface area contributed by atoms with Crippen molar-refractivity contribution in [2.45, 2.75) is 13.5 Å². The Labute approximate surface area is 162 Å². The van der Waals surface area contributed by atoms with Crippen LogP contribution < -0.4 is 15.5 Å². The molecule has 8 nitrogen and oxygen atoms in total. The summed E-state index contributed by atoms with van der Waals surface area (Å²) in [6.45, 7) is 2.23. The van der Waals surface area contributed by atoms with Gasteiger partial charge in [0, 0.05) is 18.7 Å². The van der Waals surface area contributed by atoms with Crippen molar-refractivity contribution in [3.63, 3.8) is 0 Å². The summed E-state index contributed by atoms with van der Waals surface area (Å²) in [6, 6.07) is 11.9. The fraction of sp³-hybridized carbons (Fsp3) is 0.222. The normalized spacial score (nSPS) is 11.0. The number of rotatable bonds is 7. The quantitative estimate of drug-likeness (QED) is 0.324. The van der Waals surface area contributed by atoms with E-state index in [-0.39, 0.29) is 10.8 Å². The minimum atomic E-state index is -0.478. The molecule has 0 saturated heterocycles. The number of ether oxygens (including phenoxy) is 2. The SMILES string of the molecule is COCc1cc(/C(C)=N\NC(=S)Nc2ccccc2[N+](=O)[O-])ccc1OC. The van der Waals surface area contributed by atoms with Crippen LogP contribution in [0.15, 0.2) is 47.6 Å². The van der Waals surface area contributed by atoms with Gasteiger partial charge in [-0.25, -0.2) is 0 Å². The van der Waals surface area contributed by atoms with Crippen molar-refractivity contribution in [1.82, 2.24) is 5.43 Å². The summed E-state index contributed by atoms with van der Waals surface area (Å²) >= 11 is 5.17. The number of anilines is 1. The number of thiocarbonyl (C=S) groups is 1. The Hall–Kier alpha value is -3.04. The summed E-state index contributed by atoms with van der Waals surface area (Å²) in [6.07, 6.45) is 0. The van der Waals surface area contributed by atoms with E-state index in [1.807, 2.05) is 25.1 Å². The van der Waals surface area contributed by atoms with Crippen molar-refractivity contribution >= 4 is 34.4 Å². The molecule has 2 aromatic carbocycles. The van der Waals surface area contributed by atoms with Crippen molar-refractivity contribution in [2.24, 2.45) is 5.10 Å². The maximum atomic E-state index is 11.0. The highest BCUT2D eigenvalue weighted by Gasteiger charge is 2.13. The smallest absolute Gasteiger partial charge is 0.292 e. The van der Waals surface area contributed by atoms with Crippen LogP contribution in [0, 0.1) is 10.1 Å². The summed E-state index contributed by atoms with van der Waals surface area (Å²) in [5, 5.41) is 18.2. The van der Waals surface area contributed by atoms with E-state index in [9.17, 15) is 10.1 Å². The molecule has 2 N–H and O–H groups in total. The first-order valence-corrected chi connectivity index (χ1v) is 8.38. The van der Waals surface area contributed by atoms with Gasteiger partial charge in [0.1, 0.15) is 11.4 Å². The van der Waals surface area contributed by atoms with Gasteiger partial charge in [0.05, 0.1) is 24.4 Å². The van der Waals surface area contributed by atoms with Crippen molar-refractivity contribution in [2.75, 3.05) is 19.5 Å². The maximum absolute atomic E-state index is 11.0. The molecule has 0 aliphatic heterocycles. The molecular formula is C18H20N4O4S. The number of nitrogens with zero attached hydrogens (tertiary/aromatic N) is 2. The van der Waals surface area contributed by atoms with Crippen LogP contribution in [-0.2, 0) is 11.3 Å². The first kappa shape index (κ1) is 20.3. The highest BCUT2D eigenvalue weighted by atomic mass is 32.1. The Morgan fingerprint density at radius 3 is 2.67 bits per heavy atom. The van der Waals surface area contributed by atoms with Crippen molar-refractivity contribution in [3.05, 3.63) is 63.7 Å². The molecule has 142 valence electrons. The second-order valence-electron chi connectivity index (χ2n) is 5.50. The molecule has 0 aromatic heterocycles.